The van der Waals surface area contributed by atoms with Crippen LogP contribution in [0, 0.1) is 0 Å². The fourth-order valence-electron chi connectivity index (χ4n) is 2.57. The van der Waals surface area contributed by atoms with Gasteiger partial charge in [0.1, 0.15) is 5.82 Å². The lowest BCUT2D eigenvalue weighted by molar-refractivity contribution is -0.141. The maximum absolute atomic E-state index is 13.0. The Balaban J connectivity index is 2.40. The second-order valence-electron chi connectivity index (χ2n) is 5.93. The van der Waals surface area contributed by atoms with E-state index >= 15 is 0 Å². The Morgan fingerprint density at radius 1 is 1.33 bits per heavy atom. The molecule has 0 aromatic carbocycles. The summed E-state index contributed by atoms with van der Waals surface area (Å²) in [6, 6.07) is 1.05. The van der Waals surface area contributed by atoms with Gasteiger partial charge in [-0.3, -0.25) is 0 Å². The van der Waals surface area contributed by atoms with Gasteiger partial charge in [0.25, 0.3) is 0 Å². The zero-order valence-electron chi connectivity index (χ0n) is 12.6. The molecule has 0 radical (unpaired) electrons. The zero-order chi connectivity index (χ0) is 15.7. The van der Waals surface area contributed by atoms with Crippen LogP contribution in [-0.2, 0) is 6.18 Å². The molecule has 2 heterocycles. The molecule has 2 rings (SSSR count). The first-order valence-electron chi connectivity index (χ1n) is 7.22. The molecule has 1 aliphatic heterocycles. The van der Waals surface area contributed by atoms with E-state index in [1.165, 1.54) is 0 Å². The number of anilines is 2. The topological polar surface area (TPSA) is 41.1 Å². The summed E-state index contributed by atoms with van der Waals surface area (Å²) >= 11 is 0. The van der Waals surface area contributed by atoms with Crippen molar-refractivity contribution in [1.29, 1.82) is 0 Å². The van der Waals surface area contributed by atoms with E-state index in [1.54, 1.807) is 0 Å². The third kappa shape index (κ3) is 3.57. The largest absolute Gasteiger partial charge is 0.433 e. The van der Waals surface area contributed by atoms with Gasteiger partial charge in [-0.2, -0.15) is 18.2 Å². The molecule has 0 unspecified atom stereocenters. The smallest absolute Gasteiger partial charge is 0.354 e. The molecule has 21 heavy (non-hydrogen) atoms. The molecule has 118 valence electrons. The van der Waals surface area contributed by atoms with E-state index < -0.39 is 11.9 Å². The number of halogens is 3. The van der Waals surface area contributed by atoms with Crippen LogP contribution in [0.1, 0.15) is 45.7 Å². The Kier molecular flexibility index (Phi) is 4.30. The van der Waals surface area contributed by atoms with E-state index in [9.17, 15) is 13.2 Å². The van der Waals surface area contributed by atoms with Crippen molar-refractivity contribution in [3.05, 3.63) is 11.8 Å². The maximum atomic E-state index is 13.0. The van der Waals surface area contributed by atoms with Crippen molar-refractivity contribution in [2.45, 2.75) is 51.7 Å². The highest BCUT2D eigenvalue weighted by Crippen LogP contribution is 2.36. The molecule has 1 saturated heterocycles. The summed E-state index contributed by atoms with van der Waals surface area (Å²) in [5.74, 6) is 0.391. The zero-order valence-corrected chi connectivity index (χ0v) is 12.6. The first-order chi connectivity index (χ1) is 9.74. The van der Waals surface area contributed by atoms with Crippen LogP contribution in [0.15, 0.2) is 6.07 Å². The third-order valence-electron chi connectivity index (χ3n) is 3.71. The first-order valence-corrected chi connectivity index (χ1v) is 7.22. The van der Waals surface area contributed by atoms with Gasteiger partial charge in [0, 0.05) is 24.7 Å². The van der Waals surface area contributed by atoms with Gasteiger partial charge in [-0.25, -0.2) is 4.98 Å². The van der Waals surface area contributed by atoms with Gasteiger partial charge in [-0.1, -0.05) is 6.92 Å². The van der Waals surface area contributed by atoms with Crippen LogP contribution in [0.4, 0.5) is 24.9 Å². The minimum Gasteiger partial charge on any atom is -0.354 e. The van der Waals surface area contributed by atoms with Crippen LogP contribution in [0.3, 0.4) is 0 Å². The van der Waals surface area contributed by atoms with Crippen LogP contribution in [0.2, 0.25) is 0 Å². The first kappa shape index (κ1) is 15.9. The summed E-state index contributed by atoms with van der Waals surface area (Å²) in [6.45, 7) is 7.24. The summed E-state index contributed by atoms with van der Waals surface area (Å²) < 4.78 is 39.0. The number of hydrogen-bond donors (Lipinski definition) is 1. The standard InChI is InChI=1S/C14H21F3N4/c1-4-7-18-12-19-10(14(15,16)17)9-11(20-12)21-8-5-6-13(21,2)3/h9H,4-8H2,1-3H3,(H,18,19,20). The van der Waals surface area contributed by atoms with E-state index in [-0.39, 0.29) is 11.5 Å². The van der Waals surface area contributed by atoms with Gasteiger partial charge < -0.3 is 10.2 Å². The lowest BCUT2D eigenvalue weighted by Crippen LogP contribution is -2.39. The van der Waals surface area contributed by atoms with Gasteiger partial charge in [0.05, 0.1) is 0 Å². The summed E-state index contributed by atoms with van der Waals surface area (Å²) in [7, 11) is 0. The normalized spacial score (nSPS) is 18.1. The summed E-state index contributed by atoms with van der Waals surface area (Å²) in [4.78, 5) is 9.78. The van der Waals surface area contributed by atoms with Crippen molar-refractivity contribution in [3.63, 3.8) is 0 Å². The van der Waals surface area contributed by atoms with Gasteiger partial charge in [0.15, 0.2) is 5.69 Å². The van der Waals surface area contributed by atoms with Crippen LogP contribution >= 0.6 is 0 Å². The Labute approximate surface area is 122 Å². The number of nitrogens with zero attached hydrogens (tertiary/aromatic N) is 3. The highest BCUT2D eigenvalue weighted by Gasteiger charge is 2.37. The van der Waals surface area contributed by atoms with Gasteiger partial charge in [0.2, 0.25) is 5.95 Å². The summed E-state index contributed by atoms with van der Waals surface area (Å²) in [5.41, 5.74) is -1.08. The predicted molar refractivity (Wildman–Crippen MR) is 76.5 cm³/mol. The van der Waals surface area contributed by atoms with Crippen LogP contribution in [-0.4, -0.2) is 28.6 Å². The van der Waals surface area contributed by atoms with Crippen LogP contribution in [0.25, 0.3) is 0 Å². The Morgan fingerprint density at radius 2 is 2.05 bits per heavy atom. The average Bonchev–Trinajstić information content (AvgIpc) is 2.74. The Morgan fingerprint density at radius 3 is 2.57 bits per heavy atom. The molecule has 1 fully saturated rings. The van der Waals surface area contributed by atoms with E-state index in [2.05, 4.69) is 15.3 Å². The molecule has 7 heteroatoms. The number of rotatable bonds is 4. The fourth-order valence-corrected chi connectivity index (χ4v) is 2.57. The molecule has 0 aliphatic carbocycles. The van der Waals surface area contributed by atoms with Gasteiger partial charge in [-0.05, 0) is 33.1 Å². The predicted octanol–water partition coefficient (Wildman–Crippen LogP) is 3.70. The molecule has 1 aromatic rings. The van der Waals surface area contributed by atoms with E-state index in [4.69, 9.17) is 0 Å². The quantitative estimate of drug-likeness (QED) is 0.921. The van der Waals surface area contributed by atoms with Crippen molar-refractivity contribution in [2.24, 2.45) is 0 Å². The monoisotopic (exact) mass is 302 g/mol. The molecule has 0 saturated carbocycles. The Hall–Kier alpha value is -1.53. The fraction of sp³-hybridized carbons (Fsp3) is 0.714. The minimum atomic E-state index is -4.47. The number of nitrogens with one attached hydrogen (secondary N) is 1. The molecule has 0 atom stereocenters. The third-order valence-corrected chi connectivity index (χ3v) is 3.71. The molecular formula is C14H21F3N4. The van der Waals surface area contributed by atoms with E-state index in [1.807, 2.05) is 25.7 Å². The van der Waals surface area contributed by atoms with Crippen molar-refractivity contribution < 1.29 is 13.2 Å². The van der Waals surface area contributed by atoms with Crippen molar-refractivity contribution in [2.75, 3.05) is 23.3 Å². The molecule has 0 spiro atoms. The molecular weight excluding hydrogens is 281 g/mol. The van der Waals surface area contributed by atoms with E-state index in [0.717, 1.165) is 25.3 Å². The van der Waals surface area contributed by atoms with Gasteiger partial charge in [-0.15, -0.1) is 0 Å². The molecule has 1 N–H and O–H groups in total. The second kappa shape index (κ2) is 5.69. The molecule has 1 aliphatic rings. The lowest BCUT2D eigenvalue weighted by atomic mass is 10.0. The molecule has 0 bridgehead atoms. The average molecular weight is 302 g/mol. The molecule has 0 amide bonds. The van der Waals surface area contributed by atoms with Crippen molar-refractivity contribution >= 4 is 11.8 Å². The molecule has 1 aromatic heterocycles. The maximum Gasteiger partial charge on any atom is 0.433 e. The minimum absolute atomic E-state index is 0.0457. The summed E-state index contributed by atoms with van der Waals surface area (Å²) in [6.07, 6.45) is -1.78. The van der Waals surface area contributed by atoms with E-state index in [0.29, 0.717) is 18.9 Å². The lowest BCUT2D eigenvalue weighted by Gasteiger charge is -2.33. The van der Waals surface area contributed by atoms with Crippen molar-refractivity contribution in [1.82, 2.24) is 9.97 Å². The van der Waals surface area contributed by atoms with Crippen LogP contribution < -0.4 is 10.2 Å². The Bertz CT molecular complexity index is 499. The summed E-state index contributed by atoms with van der Waals surface area (Å²) in [5, 5.41) is 2.85. The number of alkyl halides is 3. The SMILES string of the molecule is CCCNc1nc(N2CCCC2(C)C)cc(C(F)(F)F)n1. The highest BCUT2D eigenvalue weighted by atomic mass is 19.4. The molecule has 4 nitrogen and oxygen atoms in total. The number of aromatic nitrogens is 2. The second-order valence-corrected chi connectivity index (χ2v) is 5.93. The van der Waals surface area contributed by atoms with Gasteiger partial charge >= 0.3 is 6.18 Å². The number of hydrogen-bond acceptors (Lipinski definition) is 4. The van der Waals surface area contributed by atoms with Crippen LogP contribution in [0.5, 0.6) is 0 Å². The van der Waals surface area contributed by atoms with Crippen molar-refractivity contribution in [3.8, 4) is 0 Å². The highest BCUT2D eigenvalue weighted by molar-refractivity contribution is 5.48.